The van der Waals surface area contributed by atoms with Gasteiger partial charge in [0.25, 0.3) is 0 Å². The highest BCUT2D eigenvalue weighted by Gasteiger charge is 2.20. The van der Waals surface area contributed by atoms with Crippen LogP contribution in [0.1, 0.15) is 71.1 Å². The van der Waals surface area contributed by atoms with Crippen LogP contribution in [0.5, 0.6) is 0 Å². The molecule has 2 N–H and O–H groups in total. The van der Waals surface area contributed by atoms with Crippen molar-refractivity contribution >= 4 is 31.9 Å². The molecule has 0 aromatic heterocycles. The lowest BCUT2D eigenvalue weighted by molar-refractivity contribution is -0.171. The molecule has 4 heteroatoms. The fourth-order valence-corrected chi connectivity index (χ4v) is 2.47. The highest BCUT2D eigenvalue weighted by atomic mass is 79.9. The molecule has 2 nitrogen and oxygen atoms in total. The minimum Gasteiger partial charge on any atom is -0.366 e. The zero-order valence-electron chi connectivity index (χ0n) is 10.8. The molecule has 0 aliphatic carbocycles. The van der Waals surface area contributed by atoms with Crippen molar-refractivity contribution < 1.29 is 10.2 Å². The Morgan fingerprint density at radius 2 is 1.41 bits per heavy atom. The molecule has 0 unspecified atom stereocenters. The Balaban J connectivity index is 3.32. The molecule has 0 aromatic rings. The first kappa shape index (κ1) is 17.9. The van der Waals surface area contributed by atoms with Gasteiger partial charge in [-0.05, 0) is 19.3 Å². The van der Waals surface area contributed by atoms with Crippen LogP contribution < -0.4 is 0 Å². The van der Waals surface area contributed by atoms with Crippen LogP contribution in [-0.2, 0) is 0 Å². The summed E-state index contributed by atoms with van der Waals surface area (Å²) >= 11 is 6.92. The van der Waals surface area contributed by atoms with E-state index in [0.29, 0.717) is 16.6 Å². The van der Waals surface area contributed by atoms with Crippen LogP contribution in [0.25, 0.3) is 0 Å². The lowest BCUT2D eigenvalue weighted by Gasteiger charge is -2.21. The first-order chi connectivity index (χ1) is 7.98. The second-order valence-corrected chi connectivity index (χ2v) is 8.22. The Bertz CT molecular complexity index is 173. The first-order valence-electron chi connectivity index (χ1n) is 6.71. The predicted molar refractivity (Wildman–Crippen MR) is 80.7 cm³/mol. The summed E-state index contributed by atoms with van der Waals surface area (Å²) in [6.45, 7) is 2.07. The second-order valence-electron chi connectivity index (χ2n) is 4.78. The number of aliphatic hydroxyl groups is 2. The predicted octanol–water partition coefficient (Wildman–Crippen LogP) is 4.70. The fraction of sp³-hybridized carbons (Fsp3) is 1.00. The molecular formula is C13H26Br2O2. The van der Waals surface area contributed by atoms with E-state index in [9.17, 15) is 10.2 Å². The topological polar surface area (TPSA) is 40.5 Å². The van der Waals surface area contributed by atoms with Gasteiger partial charge in [-0.2, -0.15) is 0 Å². The third-order valence-corrected chi connectivity index (χ3v) is 3.85. The third-order valence-electron chi connectivity index (χ3n) is 2.93. The van der Waals surface area contributed by atoms with Gasteiger partial charge in [0.2, 0.25) is 0 Å². The smallest absolute Gasteiger partial charge is 0.162 e. The average Bonchev–Trinajstić information content (AvgIpc) is 2.24. The van der Waals surface area contributed by atoms with E-state index in [2.05, 4.69) is 38.8 Å². The summed E-state index contributed by atoms with van der Waals surface area (Å²) in [6.07, 6.45) is 9.76. The maximum Gasteiger partial charge on any atom is 0.162 e. The SMILES string of the molecule is CCCCC(O)(O)CCCCCCCC(Br)Br. The van der Waals surface area contributed by atoms with Crippen LogP contribution in [0, 0.1) is 0 Å². The summed E-state index contributed by atoms with van der Waals surface area (Å²) in [5.74, 6) is -1.42. The number of unbranched alkanes of at least 4 members (excludes halogenated alkanes) is 5. The zero-order chi connectivity index (χ0) is 13.1. The summed E-state index contributed by atoms with van der Waals surface area (Å²) in [7, 11) is 0. The van der Waals surface area contributed by atoms with Crippen molar-refractivity contribution in [2.45, 2.75) is 80.7 Å². The lowest BCUT2D eigenvalue weighted by atomic mass is 10.0. The third kappa shape index (κ3) is 13.1. The molecule has 0 saturated heterocycles. The molecule has 0 rings (SSSR count). The summed E-state index contributed by atoms with van der Waals surface area (Å²) in [6, 6.07) is 0. The van der Waals surface area contributed by atoms with Gasteiger partial charge in [0.05, 0.1) is 3.74 Å². The normalized spacial score (nSPS) is 12.4. The molecule has 0 spiro atoms. The van der Waals surface area contributed by atoms with E-state index in [1.807, 2.05) is 0 Å². The largest absolute Gasteiger partial charge is 0.366 e. The number of rotatable bonds is 11. The van der Waals surface area contributed by atoms with Crippen molar-refractivity contribution in [1.82, 2.24) is 0 Å². The molecular weight excluding hydrogens is 348 g/mol. The maximum atomic E-state index is 9.66. The molecule has 0 amide bonds. The molecule has 0 heterocycles. The van der Waals surface area contributed by atoms with Crippen LogP contribution >= 0.6 is 31.9 Å². The van der Waals surface area contributed by atoms with Crippen molar-refractivity contribution in [2.75, 3.05) is 0 Å². The monoisotopic (exact) mass is 372 g/mol. The van der Waals surface area contributed by atoms with Crippen molar-refractivity contribution in [2.24, 2.45) is 0 Å². The van der Waals surface area contributed by atoms with E-state index in [4.69, 9.17) is 0 Å². The molecule has 0 aliphatic rings. The van der Waals surface area contributed by atoms with Gasteiger partial charge in [-0.3, -0.25) is 0 Å². The van der Waals surface area contributed by atoms with E-state index < -0.39 is 5.79 Å². The van der Waals surface area contributed by atoms with Crippen molar-refractivity contribution in [3.8, 4) is 0 Å². The number of hydrogen-bond acceptors (Lipinski definition) is 2. The molecule has 0 aliphatic heterocycles. The molecule has 17 heavy (non-hydrogen) atoms. The van der Waals surface area contributed by atoms with Gasteiger partial charge in [-0.1, -0.05) is 70.9 Å². The highest BCUT2D eigenvalue weighted by molar-refractivity contribution is 9.24. The Morgan fingerprint density at radius 3 is 2.00 bits per heavy atom. The van der Waals surface area contributed by atoms with Crippen LogP contribution in [0.15, 0.2) is 0 Å². The van der Waals surface area contributed by atoms with Crippen LogP contribution in [0.2, 0.25) is 0 Å². The zero-order valence-corrected chi connectivity index (χ0v) is 14.0. The average molecular weight is 374 g/mol. The van der Waals surface area contributed by atoms with E-state index in [0.717, 1.165) is 32.1 Å². The number of hydrogen-bond donors (Lipinski definition) is 2. The van der Waals surface area contributed by atoms with Crippen molar-refractivity contribution in [3.05, 3.63) is 0 Å². The Morgan fingerprint density at radius 1 is 0.882 bits per heavy atom. The molecule has 0 radical (unpaired) electrons. The number of halogens is 2. The summed E-state index contributed by atoms with van der Waals surface area (Å²) in [5, 5.41) is 19.3. The summed E-state index contributed by atoms with van der Waals surface area (Å²) in [5.41, 5.74) is 0. The molecule has 0 saturated carbocycles. The summed E-state index contributed by atoms with van der Waals surface area (Å²) < 4.78 is 0.437. The van der Waals surface area contributed by atoms with Gasteiger partial charge >= 0.3 is 0 Å². The van der Waals surface area contributed by atoms with Gasteiger partial charge in [0.1, 0.15) is 0 Å². The van der Waals surface area contributed by atoms with E-state index in [1.54, 1.807) is 0 Å². The second kappa shape index (κ2) is 10.8. The van der Waals surface area contributed by atoms with E-state index in [-0.39, 0.29) is 0 Å². The van der Waals surface area contributed by atoms with Gasteiger partial charge in [-0.15, -0.1) is 0 Å². The van der Waals surface area contributed by atoms with E-state index in [1.165, 1.54) is 19.3 Å². The summed E-state index contributed by atoms with van der Waals surface area (Å²) in [4.78, 5) is 0. The Labute approximate surface area is 122 Å². The van der Waals surface area contributed by atoms with Crippen LogP contribution in [0.3, 0.4) is 0 Å². The molecule has 0 aromatic carbocycles. The minimum absolute atomic E-state index is 0.437. The highest BCUT2D eigenvalue weighted by Crippen LogP contribution is 2.20. The quantitative estimate of drug-likeness (QED) is 0.313. The fourth-order valence-electron chi connectivity index (χ4n) is 1.82. The standard InChI is InChI=1S/C13H26Br2O2/c1-2-3-10-13(16,17)11-8-6-4-5-7-9-12(14)15/h12,16-17H,2-11H2,1H3. The van der Waals surface area contributed by atoms with Crippen LogP contribution in [-0.4, -0.2) is 19.7 Å². The van der Waals surface area contributed by atoms with Gasteiger partial charge in [0, 0.05) is 12.8 Å². The molecule has 0 fully saturated rings. The van der Waals surface area contributed by atoms with Gasteiger partial charge in [-0.25, -0.2) is 0 Å². The Kier molecular flexibility index (Phi) is 11.3. The van der Waals surface area contributed by atoms with E-state index >= 15 is 0 Å². The van der Waals surface area contributed by atoms with Crippen molar-refractivity contribution in [1.29, 1.82) is 0 Å². The lowest BCUT2D eigenvalue weighted by Crippen LogP contribution is -2.27. The minimum atomic E-state index is -1.42. The van der Waals surface area contributed by atoms with Crippen LogP contribution in [0.4, 0.5) is 0 Å². The number of alkyl halides is 2. The maximum absolute atomic E-state index is 9.66. The Hall–Kier alpha value is 0.880. The molecule has 104 valence electrons. The van der Waals surface area contributed by atoms with Gasteiger partial charge in [0.15, 0.2) is 5.79 Å². The molecule has 0 bridgehead atoms. The van der Waals surface area contributed by atoms with Crippen molar-refractivity contribution in [3.63, 3.8) is 0 Å². The molecule has 0 atom stereocenters. The first-order valence-corrected chi connectivity index (χ1v) is 8.54. The van der Waals surface area contributed by atoms with Gasteiger partial charge < -0.3 is 10.2 Å².